The van der Waals surface area contributed by atoms with E-state index < -0.39 is 0 Å². The number of hydrogen-bond donors (Lipinski definition) is 2. The van der Waals surface area contributed by atoms with Gasteiger partial charge in [0, 0.05) is 33.4 Å². The maximum Gasteiger partial charge on any atom is 0.191 e. The van der Waals surface area contributed by atoms with Crippen LogP contribution in [0.15, 0.2) is 29.3 Å². The van der Waals surface area contributed by atoms with Crippen LogP contribution in [0.2, 0.25) is 0 Å². The molecule has 2 aliphatic rings. The molecule has 2 aliphatic heterocycles. The Hall–Kier alpha value is -1.63. The van der Waals surface area contributed by atoms with Gasteiger partial charge in [-0.15, -0.1) is 0 Å². The molecule has 0 amide bonds. The average molecular weight is 389 g/mol. The zero-order chi connectivity index (χ0) is 19.6. The number of likely N-dealkylation sites (tertiary alicyclic amines) is 1. The first-order valence-electron chi connectivity index (χ1n) is 10.7. The van der Waals surface area contributed by atoms with Crippen LogP contribution in [0.3, 0.4) is 0 Å². The predicted octanol–water partition coefficient (Wildman–Crippen LogP) is 2.49. The molecular formula is C22H36N4O2. The molecule has 0 bridgehead atoms. The Morgan fingerprint density at radius 1 is 1.25 bits per heavy atom. The summed E-state index contributed by atoms with van der Waals surface area (Å²) in [6, 6.07) is 9.33. The molecule has 0 saturated carbocycles. The molecule has 2 N–H and O–H groups in total. The van der Waals surface area contributed by atoms with Crippen LogP contribution >= 0.6 is 0 Å². The number of ether oxygens (including phenoxy) is 2. The lowest BCUT2D eigenvalue weighted by atomic mass is 10.0. The Morgan fingerprint density at radius 2 is 2.04 bits per heavy atom. The standard InChI is InChI=1S/C22H36N4O2/c1-18-6-8-19(9-7-18)21(26-12-3-4-13-26)16-25-22(23-2)24-11-5-14-28-20-10-15-27-17-20/h6-9,20-21H,3-5,10-17H2,1-2H3,(H2,23,24,25). The van der Waals surface area contributed by atoms with Crippen molar-refractivity contribution in [3.63, 3.8) is 0 Å². The summed E-state index contributed by atoms with van der Waals surface area (Å²) >= 11 is 0. The van der Waals surface area contributed by atoms with Gasteiger partial charge in [0.1, 0.15) is 0 Å². The van der Waals surface area contributed by atoms with Gasteiger partial charge in [-0.25, -0.2) is 0 Å². The van der Waals surface area contributed by atoms with Gasteiger partial charge < -0.3 is 20.1 Å². The lowest BCUT2D eigenvalue weighted by molar-refractivity contribution is 0.0420. The third-order valence-corrected chi connectivity index (χ3v) is 5.59. The van der Waals surface area contributed by atoms with Gasteiger partial charge in [0.05, 0.1) is 18.8 Å². The van der Waals surface area contributed by atoms with Crippen molar-refractivity contribution in [3.8, 4) is 0 Å². The monoisotopic (exact) mass is 388 g/mol. The maximum absolute atomic E-state index is 5.82. The highest BCUT2D eigenvalue weighted by atomic mass is 16.5. The van der Waals surface area contributed by atoms with Gasteiger partial charge >= 0.3 is 0 Å². The smallest absolute Gasteiger partial charge is 0.191 e. The summed E-state index contributed by atoms with van der Waals surface area (Å²) < 4.78 is 11.2. The maximum atomic E-state index is 5.82. The molecule has 2 saturated heterocycles. The molecule has 1 aromatic rings. The largest absolute Gasteiger partial charge is 0.379 e. The molecule has 2 fully saturated rings. The number of rotatable bonds is 9. The Kier molecular flexibility index (Phi) is 8.58. The van der Waals surface area contributed by atoms with Crippen molar-refractivity contribution in [2.24, 2.45) is 4.99 Å². The second kappa shape index (κ2) is 11.4. The molecule has 6 heteroatoms. The first kappa shape index (κ1) is 21.1. The second-order valence-electron chi connectivity index (χ2n) is 7.76. The van der Waals surface area contributed by atoms with Crippen LogP contribution in [0.25, 0.3) is 0 Å². The molecule has 0 spiro atoms. The highest BCUT2D eigenvalue weighted by Gasteiger charge is 2.23. The zero-order valence-corrected chi connectivity index (χ0v) is 17.5. The third kappa shape index (κ3) is 6.47. The van der Waals surface area contributed by atoms with Gasteiger partial charge in [-0.1, -0.05) is 29.8 Å². The topological polar surface area (TPSA) is 58.1 Å². The Bertz CT molecular complexity index is 593. The minimum Gasteiger partial charge on any atom is -0.379 e. The number of nitrogens with one attached hydrogen (secondary N) is 2. The molecular weight excluding hydrogens is 352 g/mol. The SMILES string of the molecule is CN=C(NCCCOC1CCOC1)NCC(c1ccc(C)cc1)N1CCCC1. The average Bonchev–Trinajstić information content (AvgIpc) is 3.42. The van der Waals surface area contributed by atoms with E-state index in [0.717, 1.165) is 51.7 Å². The summed E-state index contributed by atoms with van der Waals surface area (Å²) in [6.45, 7) is 8.54. The second-order valence-corrected chi connectivity index (χ2v) is 7.76. The van der Waals surface area contributed by atoms with Crippen LogP contribution in [-0.2, 0) is 9.47 Å². The van der Waals surface area contributed by atoms with Gasteiger partial charge in [0.15, 0.2) is 5.96 Å². The molecule has 0 aromatic heterocycles. The molecule has 0 radical (unpaired) electrons. The van der Waals surface area contributed by atoms with Gasteiger partial charge in [-0.05, 0) is 51.3 Å². The lowest BCUT2D eigenvalue weighted by Crippen LogP contribution is -2.43. The number of aliphatic imine (C=N–C) groups is 1. The van der Waals surface area contributed by atoms with Crippen molar-refractivity contribution in [3.05, 3.63) is 35.4 Å². The van der Waals surface area contributed by atoms with Crippen molar-refractivity contribution in [1.82, 2.24) is 15.5 Å². The summed E-state index contributed by atoms with van der Waals surface area (Å²) in [6.07, 6.45) is 4.86. The first-order chi connectivity index (χ1) is 13.8. The van der Waals surface area contributed by atoms with Gasteiger partial charge in [-0.3, -0.25) is 9.89 Å². The molecule has 2 heterocycles. The molecule has 28 heavy (non-hydrogen) atoms. The zero-order valence-electron chi connectivity index (χ0n) is 17.5. The molecule has 2 atom stereocenters. The molecule has 1 aromatic carbocycles. The third-order valence-electron chi connectivity index (χ3n) is 5.59. The van der Waals surface area contributed by atoms with Crippen molar-refractivity contribution in [1.29, 1.82) is 0 Å². The Morgan fingerprint density at radius 3 is 2.71 bits per heavy atom. The number of hydrogen-bond acceptors (Lipinski definition) is 4. The molecule has 156 valence electrons. The van der Waals surface area contributed by atoms with E-state index in [0.29, 0.717) is 6.04 Å². The van der Waals surface area contributed by atoms with Crippen LogP contribution < -0.4 is 10.6 Å². The van der Waals surface area contributed by atoms with Crippen molar-refractivity contribution in [2.75, 3.05) is 53.0 Å². The Labute approximate surface area is 169 Å². The fourth-order valence-electron chi connectivity index (χ4n) is 3.89. The van der Waals surface area contributed by atoms with E-state index in [1.807, 2.05) is 7.05 Å². The van der Waals surface area contributed by atoms with Crippen LogP contribution in [0, 0.1) is 6.92 Å². The normalized spacial score (nSPS) is 21.8. The van der Waals surface area contributed by atoms with Gasteiger partial charge in [0.25, 0.3) is 0 Å². The van der Waals surface area contributed by atoms with E-state index >= 15 is 0 Å². The van der Waals surface area contributed by atoms with E-state index in [9.17, 15) is 0 Å². The van der Waals surface area contributed by atoms with Crippen LogP contribution in [0.4, 0.5) is 0 Å². The first-order valence-corrected chi connectivity index (χ1v) is 10.7. The quantitative estimate of drug-likeness (QED) is 0.387. The number of guanidine groups is 1. The Balaban J connectivity index is 1.43. The van der Waals surface area contributed by atoms with Crippen LogP contribution in [-0.4, -0.2) is 70.0 Å². The van der Waals surface area contributed by atoms with Crippen molar-refractivity contribution < 1.29 is 9.47 Å². The van der Waals surface area contributed by atoms with Crippen LogP contribution in [0.5, 0.6) is 0 Å². The van der Waals surface area contributed by atoms with E-state index in [4.69, 9.17) is 9.47 Å². The minimum absolute atomic E-state index is 0.285. The van der Waals surface area contributed by atoms with E-state index in [2.05, 4.69) is 51.7 Å². The van der Waals surface area contributed by atoms with E-state index in [-0.39, 0.29) is 6.10 Å². The number of nitrogens with zero attached hydrogens (tertiary/aromatic N) is 2. The summed E-state index contributed by atoms with van der Waals surface area (Å²) in [7, 11) is 1.83. The number of benzene rings is 1. The van der Waals surface area contributed by atoms with Gasteiger partial charge in [-0.2, -0.15) is 0 Å². The van der Waals surface area contributed by atoms with Gasteiger partial charge in [0.2, 0.25) is 0 Å². The van der Waals surface area contributed by atoms with Crippen molar-refractivity contribution in [2.45, 2.75) is 44.8 Å². The van der Waals surface area contributed by atoms with Crippen LogP contribution in [0.1, 0.15) is 42.9 Å². The molecule has 6 nitrogen and oxygen atoms in total. The van der Waals surface area contributed by atoms with E-state index in [1.54, 1.807) is 0 Å². The minimum atomic E-state index is 0.285. The summed E-state index contributed by atoms with van der Waals surface area (Å²) in [5.41, 5.74) is 2.68. The highest BCUT2D eigenvalue weighted by Crippen LogP contribution is 2.24. The summed E-state index contributed by atoms with van der Waals surface area (Å²) in [5.74, 6) is 0.862. The predicted molar refractivity (Wildman–Crippen MR) is 114 cm³/mol. The van der Waals surface area contributed by atoms with Crippen molar-refractivity contribution >= 4 is 5.96 Å². The fourth-order valence-corrected chi connectivity index (χ4v) is 3.89. The lowest BCUT2D eigenvalue weighted by Gasteiger charge is -2.29. The van der Waals surface area contributed by atoms with E-state index in [1.165, 1.54) is 37.1 Å². The number of aryl methyl sites for hydroxylation is 1. The fraction of sp³-hybridized carbons (Fsp3) is 0.682. The molecule has 0 aliphatic carbocycles. The summed E-state index contributed by atoms with van der Waals surface area (Å²) in [5, 5.41) is 6.94. The highest BCUT2D eigenvalue weighted by molar-refractivity contribution is 5.79. The summed E-state index contributed by atoms with van der Waals surface area (Å²) in [4.78, 5) is 6.97. The molecule has 3 rings (SSSR count). The molecule has 2 unspecified atom stereocenters.